The first-order valence-electron chi connectivity index (χ1n) is 12.3. The van der Waals surface area contributed by atoms with E-state index in [1.165, 1.54) is 11.3 Å². The minimum atomic E-state index is -0.602. The summed E-state index contributed by atoms with van der Waals surface area (Å²) in [6.07, 6.45) is 1.93. The second-order valence-corrected chi connectivity index (χ2v) is 10.2. The summed E-state index contributed by atoms with van der Waals surface area (Å²) in [5.41, 5.74) is 6.92. The molecule has 7 heteroatoms. The molecule has 1 aliphatic rings. The van der Waals surface area contributed by atoms with E-state index in [2.05, 4.69) is 41.6 Å². The number of para-hydroxylation sites is 1. The smallest absolute Gasteiger partial charge is 0.338 e. The number of esters is 1. The zero-order valence-electron chi connectivity index (χ0n) is 21.6. The first-order chi connectivity index (χ1) is 17.8. The van der Waals surface area contributed by atoms with E-state index in [1.807, 2.05) is 55.5 Å². The van der Waals surface area contributed by atoms with Crippen molar-refractivity contribution in [1.29, 1.82) is 0 Å². The van der Waals surface area contributed by atoms with Gasteiger partial charge < -0.3 is 9.30 Å². The van der Waals surface area contributed by atoms with E-state index < -0.39 is 12.0 Å². The van der Waals surface area contributed by atoms with E-state index in [1.54, 1.807) is 18.4 Å². The Hall–Kier alpha value is -3.97. The number of aromatic nitrogens is 2. The highest BCUT2D eigenvalue weighted by Gasteiger charge is 2.33. The normalized spacial score (nSPS) is 15.5. The van der Waals surface area contributed by atoms with Gasteiger partial charge in [0.2, 0.25) is 0 Å². The van der Waals surface area contributed by atoms with Crippen LogP contribution in [-0.4, -0.2) is 21.7 Å². The Kier molecular flexibility index (Phi) is 6.56. The van der Waals surface area contributed by atoms with Crippen molar-refractivity contribution < 1.29 is 9.53 Å². The molecule has 0 fully saturated rings. The maximum atomic E-state index is 13.9. The Morgan fingerprint density at radius 2 is 1.76 bits per heavy atom. The second-order valence-electron chi connectivity index (χ2n) is 9.21. The molecule has 2 aromatic carbocycles. The van der Waals surface area contributed by atoms with Crippen LogP contribution < -0.4 is 14.9 Å². The molecule has 0 saturated carbocycles. The van der Waals surface area contributed by atoms with Gasteiger partial charge in [-0.2, -0.15) is 0 Å². The third kappa shape index (κ3) is 4.40. The summed E-state index contributed by atoms with van der Waals surface area (Å²) in [4.78, 5) is 32.2. The van der Waals surface area contributed by atoms with E-state index in [-0.39, 0.29) is 12.2 Å². The fourth-order valence-corrected chi connectivity index (χ4v) is 5.94. The van der Waals surface area contributed by atoms with Gasteiger partial charge in [0.25, 0.3) is 5.56 Å². The summed E-state index contributed by atoms with van der Waals surface area (Å²) in [6, 6.07) is 19.5. The number of ether oxygens (including phenoxy) is 1. The highest BCUT2D eigenvalue weighted by atomic mass is 32.1. The molecule has 0 spiro atoms. The predicted octanol–water partition coefficient (Wildman–Crippen LogP) is 4.51. The van der Waals surface area contributed by atoms with E-state index >= 15 is 0 Å². The summed E-state index contributed by atoms with van der Waals surface area (Å²) in [7, 11) is 0. The molecular formula is C30H29N3O3S. The number of fused-ring (bicyclic) bond motifs is 1. The van der Waals surface area contributed by atoms with Crippen molar-refractivity contribution in [2.75, 3.05) is 6.61 Å². The zero-order valence-corrected chi connectivity index (χ0v) is 22.4. The lowest BCUT2D eigenvalue weighted by Gasteiger charge is -2.24. The lowest BCUT2D eigenvalue weighted by atomic mass is 9.95. The number of carbonyl (C=O) groups is 1. The molecule has 0 unspecified atom stereocenters. The third-order valence-corrected chi connectivity index (χ3v) is 7.66. The fraction of sp³-hybridized carbons (Fsp3) is 0.233. The summed E-state index contributed by atoms with van der Waals surface area (Å²) in [5.74, 6) is -0.449. The molecule has 188 valence electrons. The maximum absolute atomic E-state index is 13.9. The summed E-state index contributed by atoms with van der Waals surface area (Å²) < 4.78 is 9.77. The molecule has 5 rings (SSSR count). The largest absolute Gasteiger partial charge is 0.463 e. The van der Waals surface area contributed by atoms with E-state index in [4.69, 9.17) is 4.74 Å². The summed E-state index contributed by atoms with van der Waals surface area (Å²) in [5, 5.41) is 0. The van der Waals surface area contributed by atoms with Crippen LogP contribution in [0.1, 0.15) is 48.0 Å². The van der Waals surface area contributed by atoms with Gasteiger partial charge in [0.15, 0.2) is 4.80 Å². The first-order valence-corrected chi connectivity index (χ1v) is 13.1. The average molecular weight is 512 g/mol. The Morgan fingerprint density at radius 3 is 2.43 bits per heavy atom. The second kappa shape index (κ2) is 9.82. The lowest BCUT2D eigenvalue weighted by Crippen LogP contribution is -2.39. The number of nitrogens with zero attached hydrogens (tertiary/aromatic N) is 3. The van der Waals surface area contributed by atoms with Gasteiger partial charge in [-0.25, -0.2) is 9.79 Å². The predicted molar refractivity (Wildman–Crippen MR) is 147 cm³/mol. The molecular weight excluding hydrogens is 482 g/mol. The molecule has 1 atom stereocenters. The first kappa shape index (κ1) is 24.7. The van der Waals surface area contributed by atoms with Crippen molar-refractivity contribution in [3.05, 3.63) is 120 Å². The van der Waals surface area contributed by atoms with Gasteiger partial charge in [0.1, 0.15) is 0 Å². The summed E-state index contributed by atoms with van der Waals surface area (Å²) >= 11 is 1.34. The van der Waals surface area contributed by atoms with Crippen LogP contribution in [0, 0.1) is 20.8 Å². The van der Waals surface area contributed by atoms with Crippen LogP contribution in [0.2, 0.25) is 0 Å². The Bertz CT molecular complexity index is 1700. The number of hydrogen-bond donors (Lipinski definition) is 0. The number of thiazole rings is 1. The standard InChI is InChI=1S/C30H29N3O3S/c1-6-36-29(35)26-20(4)31-30-33(27(26)22-14-12-18(2)13-15-22)28(34)25(37-30)17-23-16-19(3)32(21(23)5)24-10-8-7-9-11-24/h7-17,27H,6H2,1-5H3/b25-17-/t27-/m0/s1. The van der Waals surface area contributed by atoms with Gasteiger partial charge in [-0.15, -0.1) is 0 Å². The highest BCUT2D eigenvalue weighted by molar-refractivity contribution is 7.07. The molecule has 0 radical (unpaired) electrons. The van der Waals surface area contributed by atoms with Crippen molar-refractivity contribution in [3.63, 3.8) is 0 Å². The molecule has 2 aromatic heterocycles. The molecule has 0 bridgehead atoms. The van der Waals surface area contributed by atoms with Crippen LogP contribution in [-0.2, 0) is 9.53 Å². The van der Waals surface area contributed by atoms with Gasteiger partial charge in [-0.1, -0.05) is 59.4 Å². The number of carbonyl (C=O) groups excluding carboxylic acids is 1. The average Bonchev–Trinajstić information content (AvgIpc) is 3.33. The maximum Gasteiger partial charge on any atom is 0.338 e. The monoisotopic (exact) mass is 511 g/mol. The van der Waals surface area contributed by atoms with Crippen molar-refractivity contribution in [2.45, 2.75) is 40.7 Å². The van der Waals surface area contributed by atoms with E-state index in [9.17, 15) is 9.59 Å². The number of hydrogen-bond acceptors (Lipinski definition) is 5. The van der Waals surface area contributed by atoms with E-state index in [0.717, 1.165) is 33.8 Å². The highest BCUT2D eigenvalue weighted by Crippen LogP contribution is 2.31. The van der Waals surface area contributed by atoms with Crippen molar-refractivity contribution in [3.8, 4) is 5.69 Å². The van der Waals surface area contributed by atoms with Gasteiger partial charge in [-0.05, 0) is 70.0 Å². The Labute approximate surface area is 219 Å². The quantitative estimate of drug-likeness (QED) is 0.370. The number of rotatable bonds is 5. The molecule has 3 heterocycles. The number of allylic oxidation sites excluding steroid dienone is 1. The Balaban J connectivity index is 1.70. The van der Waals surface area contributed by atoms with E-state index in [0.29, 0.717) is 20.6 Å². The van der Waals surface area contributed by atoms with Crippen molar-refractivity contribution >= 4 is 23.4 Å². The number of aryl methyl sites for hydroxylation is 2. The van der Waals surface area contributed by atoms with Crippen LogP contribution in [0.3, 0.4) is 0 Å². The molecule has 37 heavy (non-hydrogen) atoms. The molecule has 0 N–H and O–H groups in total. The molecule has 1 aliphatic heterocycles. The van der Waals surface area contributed by atoms with Crippen LogP contribution in [0.25, 0.3) is 11.8 Å². The molecule has 0 aliphatic carbocycles. The van der Waals surface area contributed by atoms with Crippen LogP contribution in [0.5, 0.6) is 0 Å². The van der Waals surface area contributed by atoms with Crippen molar-refractivity contribution in [2.24, 2.45) is 4.99 Å². The topological polar surface area (TPSA) is 65.6 Å². The van der Waals surface area contributed by atoms with Gasteiger partial charge >= 0.3 is 5.97 Å². The summed E-state index contributed by atoms with van der Waals surface area (Å²) in [6.45, 7) is 9.95. The van der Waals surface area contributed by atoms with Crippen molar-refractivity contribution in [1.82, 2.24) is 9.13 Å². The fourth-order valence-electron chi connectivity index (χ4n) is 4.91. The van der Waals surface area contributed by atoms with Crippen LogP contribution >= 0.6 is 11.3 Å². The van der Waals surface area contributed by atoms with Gasteiger partial charge in [0.05, 0.1) is 28.5 Å². The van der Waals surface area contributed by atoms with Gasteiger partial charge in [-0.3, -0.25) is 9.36 Å². The Morgan fingerprint density at radius 1 is 1.05 bits per heavy atom. The molecule has 0 saturated heterocycles. The molecule has 0 amide bonds. The van der Waals surface area contributed by atoms with Gasteiger partial charge in [0, 0.05) is 17.1 Å². The SMILES string of the molecule is CCOC(=O)C1=C(C)N=c2s/c(=C\c3cc(C)n(-c4ccccc4)c3C)c(=O)n2[C@H]1c1ccc(C)cc1. The molecule has 6 nitrogen and oxygen atoms in total. The third-order valence-electron chi connectivity index (χ3n) is 6.68. The van der Waals surface area contributed by atoms with Crippen LogP contribution in [0.4, 0.5) is 0 Å². The number of benzene rings is 2. The molecule has 4 aromatic rings. The zero-order chi connectivity index (χ0) is 26.3. The lowest BCUT2D eigenvalue weighted by molar-refractivity contribution is -0.139. The minimum absolute atomic E-state index is 0.173. The van der Waals surface area contributed by atoms with Crippen LogP contribution in [0.15, 0.2) is 81.7 Å². The minimum Gasteiger partial charge on any atom is -0.463 e.